The molecular formula is C29H37N3O4. The molecule has 2 aromatic rings. The number of methoxy groups -OCH3 is 2. The summed E-state index contributed by atoms with van der Waals surface area (Å²) in [4.78, 5) is 30.5. The van der Waals surface area contributed by atoms with Crippen molar-refractivity contribution >= 4 is 18.0 Å². The summed E-state index contributed by atoms with van der Waals surface area (Å²) < 4.78 is 10.6. The summed E-state index contributed by atoms with van der Waals surface area (Å²) in [7, 11) is 3.21. The number of hydrogen-bond donors (Lipinski definition) is 1. The number of nitrogens with one attached hydrogen (secondary N) is 1. The summed E-state index contributed by atoms with van der Waals surface area (Å²) in [6.07, 6.45) is 4.35. The summed E-state index contributed by atoms with van der Waals surface area (Å²) in [5.41, 5.74) is 2.53. The van der Waals surface area contributed by atoms with E-state index in [2.05, 4.69) is 47.5 Å². The maximum atomic E-state index is 13.8. The summed E-state index contributed by atoms with van der Waals surface area (Å²) in [5.74, 6) is 0.638. The molecule has 4 rings (SSSR count). The molecule has 2 saturated heterocycles. The average molecular weight is 492 g/mol. The van der Waals surface area contributed by atoms with Gasteiger partial charge in [0.1, 0.15) is 11.3 Å². The van der Waals surface area contributed by atoms with E-state index in [-0.39, 0.29) is 24.4 Å². The number of likely N-dealkylation sites (tertiary alicyclic amines) is 1. The Bertz CT molecular complexity index is 1080. The van der Waals surface area contributed by atoms with Gasteiger partial charge in [0, 0.05) is 20.1 Å². The molecule has 0 spiro atoms. The molecule has 2 aliphatic rings. The topological polar surface area (TPSA) is 71.1 Å². The van der Waals surface area contributed by atoms with Crippen molar-refractivity contribution in [3.8, 4) is 5.75 Å². The van der Waals surface area contributed by atoms with Crippen LogP contribution in [0.25, 0.3) is 6.08 Å². The van der Waals surface area contributed by atoms with Crippen LogP contribution >= 0.6 is 0 Å². The number of nitrogens with zero attached hydrogens (tertiary/aromatic N) is 2. The molecule has 2 aliphatic heterocycles. The van der Waals surface area contributed by atoms with E-state index in [4.69, 9.17) is 9.47 Å². The quantitative estimate of drug-likeness (QED) is 0.509. The molecule has 0 aliphatic carbocycles. The number of piperidine rings is 1. The summed E-state index contributed by atoms with van der Waals surface area (Å²) in [6.45, 7) is 5.39. The minimum atomic E-state index is -0.960. The molecule has 7 heteroatoms. The van der Waals surface area contributed by atoms with Gasteiger partial charge < -0.3 is 14.8 Å². The predicted octanol–water partition coefficient (Wildman–Crippen LogP) is 3.99. The average Bonchev–Trinajstić information content (AvgIpc) is 3.13. The van der Waals surface area contributed by atoms with Crippen LogP contribution in [-0.4, -0.2) is 74.3 Å². The largest absolute Gasteiger partial charge is 0.497 e. The zero-order chi connectivity index (χ0) is 25.5. The Morgan fingerprint density at radius 2 is 1.83 bits per heavy atom. The van der Waals surface area contributed by atoms with Crippen LogP contribution in [0, 0.1) is 5.92 Å². The molecule has 2 heterocycles. The van der Waals surface area contributed by atoms with Crippen LogP contribution in [0.15, 0.2) is 60.2 Å². The van der Waals surface area contributed by atoms with Crippen molar-refractivity contribution in [3.05, 3.63) is 71.3 Å². The molecule has 1 N–H and O–H groups in total. The van der Waals surface area contributed by atoms with Crippen LogP contribution in [-0.2, 0) is 16.0 Å². The maximum Gasteiger partial charge on any atom is 0.325 e. The highest BCUT2D eigenvalue weighted by atomic mass is 16.5. The van der Waals surface area contributed by atoms with E-state index >= 15 is 0 Å². The third-order valence-electron chi connectivity index (χ3n) is 7.31. The number of imide groups is 1. The van der Waals surface area contributed by atoms with Gasteiger partial charge in [0.15, 0.2) is 0 Å². The predicted molar refractivity (Wildman–Crippen MR) is 141 cm³/mol. The lowest BCUT2D eigenvalue weighted by Gasteiger charge is -2.41. The van der Waals surface area contributed by atoms with E-state index in [0.717, 1.165) is 43.8 Å². The zero-order valence-corrected chi connectivity index (χ0v) is 21.5. The van der Waals surface area contributed by atoms with Crippen molar-refractivity contribution in [2.24, 2.45) is 5.92 Å². The lowest BCUT2D eigenvalue weighted by atomic mass is 9.74. The number of ether oxygens (including phenoxy) is 2. The zero-order valence-electron chi connectivity index (χ0n) is 21.5. The molecule has 192 valence electrons. The first-order valence-electron chi connectivity index (χ1n) is 12.7. The van der Waals surface area contributed by atoms with E-state index in [1.54, 1.807) is 14.2 Å². The molecule has 2 fully saturated rings. The normalized spacial score (nSPS) is 21.6. The fourth-order valence-electron chi connectivity index (χ4n) is 5.49. The van der Waals surface area contributed by atoms with Crippen LogP contribution in [0.5, 0.6) is 5.75 Å². The van der Waals surface area contributed by atoms with Crippen molar-refractivity contribution < 1.29 is 19.1 Å². The van der Waals surface area contributed by atoms with Gasteiger partial charge in [-0.25, -0.2) is 4.79 Å². The van der Waals surface area contributed by atoms with E-state index in [9.17, 15) is 9.59 Å². The lowest BCUT2D eigenvalue weighted by molar-refractivity contribution is -0.134. The standard InChI is InChI=1S/C29H37N3O4/c1-22(18-23-8-5-4-6-9-23)21-31-14-12-25(13-15-31)29(20-24-10-7-11-26(19-24)36-3)27(33)32(16-17-35-2)28(34)30-29/h4-11,18-19,25H,12-17,20-21H2,1-3H3,(H,30,34)/b22-18+/t29-/m0/s1. The highest BCUT2D eigenvalue weighted by Gasteiger charge is 2.55. The minimum absolute atomic E-state index is 0.0438. The van der Waals surface area contributed by atoms with E-state index in [1.165, 1.54) is 16.0 Å². The Balaban J connectivity index is 1.50. The molecule has 2 aromatic carbocycles. The van der Waals surface area contributed by atoms with Crippen molar-refractivity contribution in [3.63, 3.8) is 0 Å². The lowest BCUT2D eigenvalue weighted by Crippen LogP contribution is -2.57. The molecule has 0 aromatic heterocycles. The SMILES string of the molecule is COCCN1C(=O)N[C@@](Cc2cccc(OC)c2)(C2CCN(C/C(C)=C/c3ccccc3)CC2)C1=O. The highest BCUT2D eigenvalue weighted by Crippen LogP contribution is 2.37. The van der Waals surface area contributed by atoms with E-state index < -0.39 is 5.54 Å². The number of carbonyl (C=O) groups excluding carboxylic acids is 2. The molecular weight excluding hydrogens is 454 g/mol. The van der Waals surface area contributed by atoms with Crippen LogP contribution in [0.4, 0.5) is 4.79 Å². The Kier molecular flexibility index (Phi) is 8.44. The second-order valence-electron chi connectivity index (χ2n) is 9.83. The first-order chi connectivity index (χ1) is 17.4. The van der Waals surface area contributed by atoms with E-state index in [0.29, 0.717) is 13.0 Å². The number of amides is 3. The molecule has 0 bridgehead atoms. The monoisotopic (exact) mass is 491 g/mol. The van der Waals surface area contributed by atoms with Crippen LogP contribution in [0.1, 0.15) is 30.9 Å². The molecule has 1 atom stereocenters. The van der Waals surface area contributed by atoms with Gasteiger partial charge in [-0.05, 0) is 62.0 Å². The molecule has 36 heavy (non-hydrogen) atoms. The summed E-state index contributed by atoms with van der Waals surface area (Å²) >= 11 is 0. The molecule has 0 saturated carbocycles. The number of benzene rings is 2. The van der Waals surface area contributed by atoms with Gasteiger partial charge in [0.05, 0.1) is 20.3 Å². The molecule has 0 unspecified atom stereocenters. The van der Waals surface area contributed by atoms with Gasteiger partial charge in [-0.3, -0.25) is 14.6 Å². The van der Waals surface area contributed by atoms with Gasteiger partial charge in [0.2, 0.25) is 0 Å². The van der Waals surface area contributed by atoms with Gasteiger partial charge in [-0.2, -0.15) is 0 Å². The van der Waals surface area contributed by atoms with Gasteiger partial charge in [0.25, 0.3) is 5.91 Å². The third-order valence-corrected chi connectivity index (χ3v) is 7.31. The van der Waals surface area contributed by atoms with Crippen LogP contribution in [0.3, 0.4) is 0 Å². The maximum absolute atomic E-state index is 13.8. The van der Waals surface area contributed by atoms with Gasteiger partial charge in [-0.15, -0.1) is 0 Å². The van der Waals surface area contributed by atoms with Gasteiger partial charge in [-0.1, -0.05) is 54.1 Å². The summed E-state index contributed by atoms with van der Waals surface area (Å²) in [5, 5.41) is 3.13. The smallest absolute Gasteiger partial charge is 0.325 e. The first kappa shape index (κ1) is 25.9. The van der Waals surface area contributed by atoms with Crippen LogP contribution in [0.2, 0.25) is 0 Å². The van der Waals surface area contributed by atoms with E-state index in [1.807, 2.05) is 30.3 Å². The molecule has 0 radical (unpaired) electrons. The van der Waals surface area contributed by atoms with Crippen molar-refractivity contribution in [2.75, 3.05) is 47.0 Å². The number of hydrogen-bond acceptors (Lipinski definition) is 5. The third kappa shape index (κ3) is 5.79. The van der Waals surface area contributed by atoms with Crippen LogP contribution < -0.4 is 10.1 Å². The number of carbonyl (C=O) groups is 2. The second-order valence-corrected chi connectivity index (χ2v) is 9.83. The van der Waals surface area contributed by atoms with Crippen molar-refractivity contribution in [2.45, 2.75) is 31.7 Å². The van der Waals surface area contributed by atoms with Gasteiger partial charge >= 0.3 is 6.03 Å². The highest BCUT2D eigenvalue weighted by molar-refractivity contribution is 6.07. The number of urea groups is 1. The first-order valence-corrected chi connectivity index (χ1v) is 12.7. The molecule has 3 amide bonds. The Morgan fingerprint density at radius 1 is 1.08 bits per heavy atom. The van der Waals surface area contributed by atoms with Crippen molar-refractivity contribution in [1.29, 1.82) is 0 Å². The Hall–Kier alpha value is -3.16. The van der Waals surface area contributed by atoms with Crippen molar-refractivity contribution in [1.82, 2.24) is 15.1 Å². The summed E-state index contributed by atoms with van der Waals surface area (Å²) in [6, 6.07) is 17.8. The Morgan fingerprint density at radius 3 is 2.53 bits per heavy atom. The second kappa shape index (κ2) is 11.7. The minimum Gasteiger partial charge on any atom is -0.497 e. The Labute approximate surface area is 214 Å². The molecule has 7 nitrogen and oxygen atoms in total. The number of rotatable bonds is 10. The fraction of sp³-hybridized carbons (Fsp3) is 0.448. The fourth-order valence-corrected chi connectivity index (χ4v) is 5.49.